The molecule has 0 aliphatic rings. The molecule has 3 rings (SSSR count). The first-order chi connectivity index (χ1) is 13.2. The zero-order valence-corrected chi connectivity index (χ0v) is 15.1. The summed E-state index contributed by atoms with van der Waals surface area (Å²) in [7, 11) is -3.94. The first-order valence-corrected chi connectivity index (χ1v) is 9.60. The molecule has 146 valence electrons. The maximum absolute atomic E-state index is 12.6. The zero-order chi connectivity index (χ0) is 20.4. The number of hydrogen-bond acceptors (Lipinski definition) is 3. The second kappa shape index (κ2) is 7.51. The van der Waals surface area contributed by atoms with E-state index in [0.717, 1.165) is 35.0 Å². The van der Waals surface area contributed by atoms with E-state index in [-0.39, 0.29) is 10.5 Å². The van der Waals surface area contributed by atoms with Gasteiger partial charge in [0.1, 0.15) is 6.54 Å². The van der Waals surface area contributed by atoms with E-state index >= 15 is 0 Å². The van der Waals surface area contributed by atoms with E-state index in [1.807, 2.05) is 18.2 Å². The number of benzene rings is 3. The third kappa shape index (κ3) is 4.61. The zero-order valence-electron chi connectivity index (χ0n) is 14.3. The Morgan fingerprint density at radius 2 is 1.54 bits per heavy atom. The van der Waals surface area contributed by atoms with Crippen molar-refractivity contribution in [2.75, 3.05) is 11.3 Å². The monoisotopic (exact) mass is 408 g/mol. The Balaban J connectivity index is 1.80. The summed E-state index contributed by atoms with van der Waals surface area (Å²) in [4.78, 5) is 11.6. The molecular weight excluding hydrogens is 393 g/mol. The minimum absolute atomic E-state index is 0.0756. The van der Waals surface area contributed by atoms with E-state index in [2.05, 4.69) is 4.72 Å². The fourth-order valence-electron chi connectivity index (χ4n) is 2.59. The van der Waals surface area contributed by atoms with Crippen LogP contribution in [-0.2, 0) is 10.0 Å². The molecule has 9 heteroatoms. The first-order valence-electron chi connectivity index (χ1n) is 8.11. The highest BCUT2D eigenvalue weighted by Gasteiger charge is 2.28. The number of fused-ring (bicyclic) bond motifs is 1. The topological polar surface area (TPSA) is 75.3 Å². The summed E-state index contributed by atoms with van der Waals surface area (Å²) in [5, 5.41) is 3.31. The van der Waals surface area contributed by atoms with E-state index in [1.165, 1.54) is 0 Å². The van der Waals surface area contributed by atoms with Crippen LogP contribution in [0.15, 0.2) is 71.6 Å². The molecule has 2 N–H and O–H groups in total. The van der Waals surface area contributed by atoms with E-state index in [4.69, 9.17) is 0 Å². The summed E-state index contributed by atoms with van der Waals surface area (Å²) in [6, 6.07) is 17.1. The van der Waals surface area contributed by atoms with Crippen molar-refractivity contribution >= 4 is 32.4 Å². The molecule has 0 fully saturated rings. The number of anilines is 1. The van der Waals surface area contributed by atoms with Gasteiger partial charge >= 0.3 is 6.18 Å². The summed E-state index contributed by atoms with van der Waals surface area (Å²) in [6.45, 7) is -1.46. The molecule has 0 saturated heterocycles. The van der Waals surface area contributed by atoms with Gasteiger partial charge in [-0.1, -0.05) is 36.4 Å². The Bertz CT molecular complexity index is 1110. The molecule has 0 radical (unpaired) electrons. The fraction of sp³-hybridized carbons (Fsp3) is 0.105. The van der Waals surface area contributed by atoms with Gasteiger partial charge in [0.25, 0.3) is 15.9 Å². The smallest absolute Gasteiger partial charge is 0.343 e. The lowest BCUT2D eigenvalue weighted by Gasteiger charge is -2.12. The van der Waals surface area contributed by atoms with Crippen LogP contribution in [0.25, 0.3) is 10.8 Å². The largest absolute Gasteiger partial charge is 0.405 e. The molecule has 0 aliphatic heterocycles. The van der Waals surface area contributed by atoms with Crippen molar-refractivity contribution in [1.29, 1.82) is 0 Å². The minimum Gasteiger partial charge on any atom is -0.343 e. The van der Waals surface area contributed by atoms with E-state index < -0.39 is 28.7 Å². The summed E-state index contributed by atoms with van der Waals surface area (Å²) in [5.41, 5.74) is 0.318. The standard InChI is InChI=1S/C19H15F3N2O3S/c20-19(21,22)12-23-18(25)14-8-10-15(11-9-14)28(26,27)24-17-7-3-5-13-4-1-2-6-16(13)17/h1-11,24H,12H2,(H,23,25). The Hall–Kier alpha value is -3.07. The highest BCUT2D eigenvalue weighted by molar-refractivity contribution is 7.92. The number of alkyl halides is 3. The summed E-state index contributed by atoms with van der Waals surface area (Å²) in [6.07, 6.45) is -4.53. The van der Waals surface area contributed by atoms with Gasteiger partial charge in [-0.05, 0) is 35.7 Å². The number of hydrogen-bond donors (Lipinski definition) is 2. The second-order valence-corrected chi connectivity index (χ2v) is 7.64. The van der Waals surface area contributed by atoms with E-state index in [1.54, 1.807) is 29.6 Å². The number of nitrogens with one attached hydrogen (secondary N) is 2. The van der Waals surface area contributed by atoms with Crippen molar-refractivity contribution in [2.45, 2.75) is 11.1 Å². The molecule has 0 heterocycles. The molecule has 28 heavy (non-hydrogen) atoms. The van der Waals surface area contributed by atoms with Crippen molar-refractivity contribution in [1.82, 2.24) is 5.32 Å². The van der Waals surface area contributed by atoms with Crippen LogP contribution < -0.4 is 10.0 Å². The van der Waals surface area contributed by atoms with Gasteiger partial charge in [-0.25, -0.2) is 8.42 Å². The molecule has 0 bridgehead atoms. The van der Waals surface area contributed by atoms with Crippen molar-refractivity contribution in [2.24, 2.45) is 0 Å². The number of rotatable bonds is 5. The number of amides is 1. The van der Waals surface area contributed by atoms with Crippen LogP contribution in [0.2, 0.25) is 0 Å². The molecule has 0 spiro atoms. The molecule has 0 saturated carbocycles. The van der Waals surface area contributed by atoms with Gasteiger partial charge in [0.15, 0.2) is 0 Å². The van der Waals surface area contributed by atoms with Crippen molar-refractivity contribution < 1.29 is 26.4 Å². The summed E-state index contributed by atoms with van der Waals surface area (Å²) < 4.78 is 64.2. The average Bonchev–Trinajstić information content (AvgIpc) is 2.66. The molecule has 0 aliphatic carbocycles. The molecule has 0 aromatic heterocycles. The molecule has 0 atom stereocenters. The molecule has 3 aromatic rings. The normalized spacial score (nSPS) is 12.0. The maximum Gasteiger partial charge on any atom is 0.405 e. The van der Waals surface area contributed by atoms with Crippen molar-refractivity contribution in [3.63, 3.8) is 0 Å². The van der Waals surface area contributed by atoms with Gasteiger partial charge in [0.05, 0.1) is 10.6 Å². The molecule has 3 aromatic carbocycles. The predicted molar refractivity (Wildman–Crippen MR) is 99.6 cm³/mol. The molecule has 0 unspecified atom stereocenters. The molecular formula is C19H15F3N2O3S. The predicted octanol–water partition coefficient (Wildman–Crippen LogP) is 3.93. The van der Waals surface area contributed by atoms with Crippen LogP contribution in [0.4, 0.5) is 18.9 Å². The van der Waals surface area contributed by atoms with Crippen LogP contribution in [0.1, 0.15) is 10.4 Å². The highest BCUT2D eigenvalue weighted by Crippen LogP contribution is 2.25. The highest BCUT2D eigenvalue weighted by atomic mass is 32.2. The quantitative estimate of drug-likeness (QED) is 0.672. The number of carbonyl (C=O) groups is 1. The van der Waals surface area contributed by atoms with Gasteiger partial charge in [-0.3, -0.25) is 9.52 Å². The average molecular weight is 408 g/mol. The Morgan fingerprint density at radius 3 is 2.21 bits per heavy atom. The van der Waals surface area contributed by atoms with Gasteiger partial charge in [-0.15, -0.1) is 0 Å². The Kier molecular flexibility index (Phi) is 5.28. The van der Waals surface area contributed by atoms with Crippen LogP contribution >= 0.6 is 0 Å². The number of carbonyl (C=O) groups excluding carboxylic acids is 1. The molecule has 1 amide bonds. The Labute approximate surface area is 159 Å². The number of halogens is 3. The lowest BCUT2D eigenvalue weighted by Crippen LogP contribution is -2.33. The summed E-state index contributed by atoms with van der Waals surface area (Å²) >= 11 is 0. The molecule has 5 nitrogen and oxygen atoms in total. The van der Waals surface area contributed by atoms with Crippen LogP contribution in [-0.4, -0.2) is 27.0 Å². The third-order valence-corrected chi connectivity index (χ3v) is 5.29. The van der Waals surface area contributed by atoms with Crippen LogP contribution in [0.3, 0.4) is 0 Å². The van der Waals surface area contributed by atoms with Crippen LogP contribution in [0, 0.1) is 0 Å². The van der Waals surface area contributed by atoms with E-state index in [9.17, 15) is 26.4 Å². The van der Waals surface area contributed by atoms with Crippen molar-refractivity contribution in [3.05, 3.63) is 72.3 Å². The third-order valence-electron chi connectivity index (χ3n) is 3.91. The van der Waals surface area contributed by atoms with Gasteiger partial charge in [-0.2, -0.15) is 13.2 Å². The number of sulfonamides is 1. The second-order valence-electron chi connectivity index (χ2n) is 5.95. The lowest BCUT2D eigenvalue weighted by atomic mass is 10.1. The van der Waals surface area contributed by atoms with Crippen molar-refractivity contribution in [3.8, 4) is 0 Å². The van der Waals surface area contributed by atoms with Crippen LogP contribution in [0.5, 0.6) is 0 Å². The van der Waals surface area contributed by atoms with Gasteiger partial charge in [0, 0.05) is 10.9 Å². The van der Waals surface area contributed by atoms with Gasteiger partial charge in [0.2, 0.25) is 0 Å². The van der Waals surface area contributed by atoms with E-state index in [0.29, 0.717) is 5.69 Å². The maximum atomic E-state index is 12.6. The summed E-state index contributed by atoms with van der Waals surface area (Å²) in [5.74, 6) is -0.941. The lowest BCUT2D eigenvalue weighted by molar-refractivity contribution is -0.123. The SMILES string of the molecule is O=C(NCC(F)(F)F)c1ccc(S(=O)(=O)Nc2cccc3ccccc23)cc1. The minimum atomic E-state index is -4.53. The fourth-order valence-corrected chi connectivity index (χ4v) is 3.67. The van der Waals surface area contributed by atoms with Gasteiger partial charge < -0.3 is 5.32 Å². The first kappa shape index (κ1) is 19.7. The Morgan fingerprint density at radius 1 is 0.893 bits per heavy atom.